The average molecular weight is 331 g/mol. The summed E-state index contributed by atoms with van der Waals surface area (Å²) in [6.45, 7) is 0. The van der Waals surface area contributed by atoms with Crippen molar-refractivity contribution in [2.75, 3.05) is 13.3 Å². The number of sulfone groups is 1. The average Bonchev–Trinajstić information content (AvgIpc) is 2.80. The number of hydrogen-bond acceptors (Lipinski definition) is 3. The number of H-pyrrole nitrogens is 1. The highest BCUT2D eigenvalue weighted by atomic mass is 35.5. The van der Waals surface area contributed by atoms with E-state index in [0.717, 1.165) is 11.6 Å². The van der Waals surface area contributed by atoms with Crippen molar-refractivity contribution in [2.45, 2.75) is 4.90 Å². The molecule has 1 heterocycles. The summed E-state index contributed by atoms with van der Waals surface area (Å²) in [5, 5.41) is 3.26. The molecule has 0 radical (unpaired) electrons. The van der Waals surface area contributed by atoms with Gasteiger partial charge in [0.15, 0.2) is 15.8 Å². The quantitative estimate of drug-likeness (QED) is 0.552. The van der Waals surface area contributed by atoms with Crippen LogP contribution in [0.1, 0.15) is 10.5 Å². The Balaban J connectivity index is 0.00000220. The number of amides is 1. The fourth-order valence-electron chi connectivity index (χ4n) is 1.68. The summed E-state index contributed by atoms with van der Waals surface area (Å²) in [4.78, 5) is 18.5. The largest absolute Gasteiger partial charge is 0.370 e. The second-order valence-corrected chi connectivity index (χ2v) is 6.27. The number of aliphatic imine (C=N–C) groups is 1. The predicted molar refractivity (Wildman–Crippen MR) is 83.7 cm³/mol. The Labute approximate surface area is 128 Å². The Morgan fingerprint density at radius 3 is 2.57 bits per heavy atom. The zero-order valence-electron chi connectivity index (χ0n) is 11.4. The highest BCUT2D eigenvalue weighted by Crippen LogP contribution is 2.20. The number of aromatic nitrogens is 1. The number of nitrogens with zero attached hydrogens (tertiary/aromatic N) is 1. The van der Waals surface area contributed by atoms with Crippen LogP contribution in [0.5, 0.6) is 0 Å². The number of rotatable bonds is 2. The third kappa shape index (κ3) is 3.73. The van der Waals surface area contributed by atoms with Gasteiger partial charge in [-0.1, -0.05) is 6.07 Å². The number of carbonyl (C=O) groups is 1. The molecule has 0 saturated carbocycles. The van der Waals surface area contributed by atoms with Crippen LogP contribution in [0.2, 0.25) is 0 Å². The van der Waals surface area contributed by atoms with Crippen molar-refractivity contribution in [3.05, 3.63) is 30.0 Å². The minimum Gasteiger partial charge on any atom is -0.370 e. The van der Waals surface area contributed by atoms with Gasteiger partial charge in [-0.15, -0.1) is 12.4 Å². The van der Waals surface area contributed by atoms with E-state index in [1.807, 2.05) is 0 Å². The van der Waals surface area contributed by atoms with Crippen LogP contribution >= 0.6 is 12.4 Å². The van der Waals surface area contributed by atoms with Gasteiger partial charge in [-0.3, -0.25) is 4.79 Å². The maximum Gasteiger partial charge on any atom is 0.296 e. The zero-order chi connectivity index (χ0) is 14.9. The molecule has 0 atom stereocenters. The lowest BCUT2D eigenvalue weighted by atomic mass is 10.2. The van der Waals surface area contributed by atoms with Gasteiger partial charge in [0.1, 0.15) is 5.69 Å². The lowest BCUT2D eigenvalue weighted by Crippen LogP contribution is -2.28. The summed E-state index contributed by atoms with van der Waals surface area (Å²) in [6.07, 6.45) is 1.13. The van der Waals surface area contributed by atoms with Gasteiger partial charge in [0.05, 0.1) is 4.90 Å². The van der Waals surface area contributed by atoms with Crippen molar-refractivity contribution in [3.8, 4) is 0 Å². The van der Waals surface area contributed by atoms with E-state index < -0.39 is 15.7 Å². The van der Waals surface area contributed by atoms with Gasteiger partial charge in [-0.25, -0.2) is 8.42 Å². The highest BCUT2D eigenvalue weighted by Gasteiger charge is 2.12. The molecule has 4 N–H and O–H groups in total. The summed E-state index contributed by atoms with van der Waals surface area (Å²) in [5.41, 5.74) is 6.20. The van der Waals surface area contributed by atoms with Gasteiger partial charge >= 0.3 is 0 Å². The van der Waals surface area contributed by atoms with Crippen molar-refractivity contribution in [3.63, 3.8) is 0 Å². The number of carbonyl (C=O) groups excluding carboxylic acids is 1. The number of fused-ring (bicyclic) bond motifs is 1. The van der Waals surface area contributed by atoms with Gasteiger partial charge < -0.3 is 16.0 Å². The predicted octanol–water partition coefficient (Wildman–Crippen LogP) is 0.667. The van der Waals surface area contributed by atoms with E-state index in [-0.39, 0.29) is 29.0 Å². The van der Waals surface area contributed by atoms with Crippen LogP contribution in [0.25, 0.3) is 10.9 Å². The third-order valence-corrected chi connectivity index (χ3v) is 3.84. The van der Waals surface area contributed by atoms with Crippen molar-refractivity contribution in [2.24, 2.45) is 10.7 Å². The zero-order valence-corrected chi connectivity index (χ0v) is 13.0. The fourth-order valence-corrected chi connectivity index (χ4v) is 2.32. The Kier molecular flexibility index (Phi) is 4.97. The second-order valence-electron chi connectivity index (χ2n) is 4.26. The van der Waals surface area contributed by atoms with Gasteiger partial charge in [0, 0.05) is 24.2 Å². The molecular weight excluding hydrogens is 316 g/mol. The number of halogens is 1. The van der Waals surface area contributed by atoms with Crippen molar-refractivity contribution in [1.82, 2.24) is 10.3 Å². The molecule has 0 fully saturated rings. The smallest absolute Gasteiger partial charge is 0.296 e. The molecule has 0 saturated heterocycles. The van der Waals surface area contributed by atoms with Gasteiger partial charge in [0.2, 0.25) is 0 Å². The van der Waals surface area contributed by atoms with E-state index in [1.54, 1.807) is 19.2 Å². The van der Waals surface area contributed by atoms with Crippen molar-refractivity contribution >= 4 is 45.0 Å². The first-order chi connectivity index (χ1) is 9.31. The van der Waals surface area contributed by atoms with E-state index in [1.165, 1.54) is 12.1 Å². The molecule has 0 spiro atoms. The minimum atomic E-state index is -3.29. The van der Waals surface area contributed by atoms with Crippen LogP contribution in [0.4, 0.5) is 0 Å². The van der Waals surface area contributed by atoms with Crippen LogP contribution in [0, 0.1) is 0 Å². The van der Waals surface area contributed by atoms with E-state index in [2.05, 4.69) is 15.3 Å². The van der Waals surface area contributed by atoms with E-state index in [4.69, 9.17) is 5.73 Å². The summed E-state index contributed by atoms with van der Waals surface area (Å²) >= 11 is 0. The molecule has 0 bridgehead atoms. The van der Waals surface area contributed by atoms with Crippen LogP contribution < -0.4 is 11.1 Å². The van der Waals surface area contributed by atoms with Gasteiger partial charge in [0.25, 0.3) is 5.91 Å². The Morgan fingerprint density at radius 2 is 2.00 bits per heavy atom. The highest BCUT2D eigenvalue weighted by molar-refractivity contribution is 7.90. The second kappa shape index (κ2) is 6.15. The first-order valence-electron chi connectivity index (χ1n) is 5.70. The molecule has 2 rings (SSSR count). The number of hydrogen-bond donors (Lipinski definition) is 3. The number of nitrogens with two attached hydrogens (primary N) is 1. The SMILES string of the molecule is CNC(N)=NC(=O)c1cc2ccc(S(C)(=O)=O)cc2[nH]1.Cl. The number of nitrogens with one attached hydrogen (secondary N) is 2. The van der Waals surface area contributed by atoms with Gasteiger partial charge in [-0.2, -0.15) is 4.99 Å². The monoisotopic (exact) mass is 330 g/mol. The summed E-state index contributed by atoms with van der Waals surface area (Å²) in [7, 11) is -1.74. The fraction of sp³-hybridized carbons (Fsp3) is 0.167. The Morgan fingerprint density at radius 1 is 1.33 bits per heavy atom. The van der Waals surface area contributed by atoms with Crippen molar-refractivity contribution < 1.29 is 13.2 Å². The molecule has 21 heavy (non-hydrogen) atoms. The first-order valence-corrected chi connectivity index (χ1v) is 7.59. The molecule has 0 aliphatic rings. The summed E-state index contributed by atoms with van der Waals surface area (Å²) in [5.74, 6) is -0.528. The topological polar surface area (TPSA) is 117 Å². The molecule has 114 valence electrons. The maximum atomic E-state index is 11.8. The lowest BCUT2D eigenvalue weighted by molar-refractivity contribution is 0.0998. The van der Waals surface area contributed by atoms with Gasteiger partial charge in [-0.05, 0) is 18.2 Å². The van der Waals surface area contributed by atoms with Crippen LogP contribution in [-0.4, -0.2) is 38.6 Å². The summed E-state index contributed by atoms with van der Waals surface area (Å²) in [6, 6.07) is 6.19. The number of aromatic amines is 1. The molecule has 1 aromatic carbocycles. The molecule has 0 aliphatic heterocycles. The van der Waals surface area contributed by atoms with E-state index in [0.29, 0.717) is 5.52 Å². The lowest BCUT2D eigenvalue weighted by Gasteiger charge is -1.97. The summed E-state index contributed by atoms with van der Waals surface area (Å²) < 4.78 is 22.9. The maximum absolute atomic E-state index is 11.8. The Bertz CT molecular complexity index is 811. The third-order valence-electron chi connectivity index (χ3n) is 2.73. The standard InChI is InChI=1S/C12H14N4O3S.ClH/c1-14-12(13)16-11(17)10-5-7-3-4-8(20(2,18)19)6-9(7)15-10;/h3-6,15H,1-2H3,(H3,13,14,16,17);1H. The molecule has 0 unspecified atom stereocenters. The number of benzene rings is 1. The number of guanidine groups is 1. The Hall–Kier alpha value is -2.06. The van der Waals surface area contributed by atoms with Crippen LogP contribution in [0.3, 0.4) is 0 Å². The van der Waals surface area contributed by atoms with E-state index >= 15 is 0 Å². The molecule has 1 amide bonds. The van der Waals surface area contributed by atoms with Crippen LogP contribution in [-0.2, 0) is 9.84 Å². The molecule has 2 aromatic rings. The molecule has 9 heteroatoms. The van der Waals surface area contributed by atoms with Crippen molar-refractivity contribution in [1.29, 1.82) is 0 Å². The first kappa shape index (κ1) is 17.0. The molecule has 7 nitrogen and oxygen atoms in total. The molecular formula is C12H15ClN4O3S. The van der Waals surface area contributed by atoms with E-state index in [9.17, 15) is 13.2 Å². The normalized spacial score (nSPS) is 12.0. The minimum absolute atomic E-state index is 0. The van der Waals surface area contributed by atoms with Crippen LogP contribution in [0.15, 0.2) is 34.2 Å². The molecule has 1 aromatic heterocycles. The molecule has 0 aliphatic carbocycles.